The summed E-state index contributed by atoms with van der Waals surface area (Å²) in [6, 6.07) is 7.93. The Kier molecular flexibility index (Phi) is 3.39. The molecular weight excluding hydrogens is 288 g/mol. The highest BCUT2D eigenvalue weighted by atomic mass is 32.1. The number of nitrogens with zero attached hydrogens (tertiary/aromatic N) is 2. The molecule has 3 aromatic rings. The van der Waals surface area contributed by atoms with Crippen molar-refractivity contribution in [3.05, 3.63) is 52.3 Å². The van der Waals surface area contributed by atoms with E-state index in [2.05, 4.69) is 4.98 Å². The lowest BCUT2D eigenvalue weighted by Gasteiger charge is -2.04. The number of methoxy groups -OCH3 is 1. The van der Waals surface area contributed by atoms with Crippen molar-refractivity contribution in [1.29, 1.82) is 0 Å². The maximum Gasteiger partial charge on any atom is 0.356 e. The largest absolute Gasteiger partial charge is 0.497 e. The first-order valence-electron chi connectivity index (χ1n) is 6.42. The van der Waals surface area contributed by atoms with E-state index in [0.29, 0.717) is 4.96 Å². The van der Waals surface area contributed by atoms with Crippen LogP contribution in [0.15, 0.2) is 30.5 Å². The Labute approximate surface area is 125 Å². The van der Waals surface area contributed by atoms with E-state index in [1.165, 1.54) is 16.2 Å². The van der Waals surface area contributed by atoms with E-state index in [0.717, 1.165) is 23.4 Å². The monoisotopic (exact) mass is 302 g/mol. The zero-order valence-corrected chi connectivity index (χ0v) is 12.5. The SMILES string of the molecule is COc1cccc(Cc2sc3nc(C(=O)O)cn3c2C)c1. The number of imidazole rings is 1. The smallest absolute Gasteiger partial charge is 0.356 e. The molecule has 108 valence electrons. The van der Waals surface area contributed by atoms with Gasteiger partial charge in [-0.1, -0.05) is 12.1 Å². The molecule has 2 aromatic heterocycles. The second-order valence-electron chi connectivity index (χ2n) is 4.72. The summed E-state index contributed by atoms with van der Waals surface area (Å²) in [5, 5.41) is 8.97. The molecule has 3 rings (SSSR count). The minimum absolute atomic E-state index is 0.0808. The zero-order valence-electron chi connectivity index (χ0n) is 11.7. The molecule has 0 fully saturated rings. The van der Waals surface area contributed by atoms with Gasteiger partial charge in [0.2, 0.25) is 0 Å². The first kappa shape index (κ1) is 13.6. The Morgan fingerprint density at radius 1 is 1.48 bits per heavy atom. The number of hydrogen-bond acceptors (Lipinski definition) is 4. The summed E-state index contributed by atoms with van der Waals surface area (Å²) in [6.07, 6.45) is 2.35. The van der Waals surface area contributed by atoms with Gasteiger partial charge in [-0.25, -0.2) is 9.78 Å². The van der Waals surface area contributed by atoms with Crippen LogP contribution in [0.4, 0.5) is 0 Å². The fourth-order valence-electron chi connectivity index (χ4n) is 2.23. The minimum Gasteiger partial charge on any atom is -0.497 e. The van der Waals surface area contributed by atoms with Crippen LogP contribution in [-0.4, -0.2) is 27.6 Å². The third-order valence-electron chi connectivity index (χ3n) is 3.37. The van der Waals surface area contributed by atoms with Crippen molar-refractivity contribution >= 4 is 22.3 Å². The lowest BCUT2D eigenvalue weighted by molar-refractivity contribution is 0.0691. The Bertz CT molecular complexity index is 820. The number of carboxylic acids is 1. The van der Waals surface area contributed by atoms with Crippen molar-refractivity contribution in [2.75, 3.05) is 7.11 Å². The third kappa shape index (κ3) is 2.50. The number of aryl methyl sites for hydroxylation is 1. The highest BCUT2D eigenvalue weighted by Gasteiger charge is 2.15. The molecule has 6 heteroatoms. The van der Waals surface area contributed by atoms with Crippen molar-refractivity contribution in [2.45, 2.75) is 13.3 Å². The van der Waals surface area contributed by atoms with Crippen LogP contribution in [0.2, 0.25) is 0 Å². The predicted octanol–water partition coefficient (Wildman–Crippen LogP) is 3.00. The highest BCUT2D eigenvalue weighted by Crippen LogP contribution is 2.26. The van der Waals surface area contributed by atoms with Gasteiger partial charge in [0, 0.05) is 23.2 Å². The fourth-order valence-corrected chi connectivity index (χ4v) is 3.37. The molecule has 0 radical (unpaired) electrons. The fraction of sp³-hybridized carbons (Fsp3) is 0.200. The van der Waals surface area contributed by atoms with Crippen LogP contribution >= 0.6 is 11.3 Å². The topological polar surface area (TPSA) is 63.8 Å². The van der Waals surface area contributed by atoms with Crippen LogP contribution < -0.4 is 4.74 Å². The molecule has 0 aliphatic heterocycles. The molecule has 0 amide bonds. The van der Waals surface area contributed by atoms with Gasteiger partial charge in [0.15, 0.2) is 10.7 Å². The lowest BCUT2D eigenvalue weighted by atomic mass is 10.1. The van der Waals surface area contributed by atoms with E-state index in [-0.39, 0.29) is 5.69 Å². The molecule has 21 heavy (non-hydrogen) atoms. The minimum atomic E-state index is -1.00. The van der Waals surface area contributed by atoms with Crippen LogP contribution in [0.1, 0.15) is 26.6 Å². The first-order valence-corrected chi connectivity index (χ1v) is 7.23. The van der Waals surface area contributed by atoms with Crippen molar-refractivity contribution in [3.63, 3.8) is 0 Å². The number of aromatic nitrogens is 2. The molecule has 0 spiro atoms. The van der Waals surface area contributed by atoms with Gasteiger partial charge in [-0.15, -0.1) is 11.3 Å². The summed E-state index contributed by atoms with van der Waals surface area (Å²) in [6.45, 7) is 1.98. The molecule has 0 unspecified atom stereocenters. The second-order valence-corrected chi connectivity index (χ2v) is 5.78. The summed E-state index contributed by atoms with van der Waals surface area (Å²) in [5.74, 6) is -0.167. The molecule has 0 saturated carbocycles. The molecule has 1 aromatic carbocycles. The summed E-state index contributed by atoms with van der Waals surface area (Å²) >= 11 is 1.52. The zero-order chi connectivity index (χ0) is 15.0. The number of ether oxygens (including phenoxy) is 1. The molecule has 1 N–H and O–H groups in total. The maximum atomic E-state index is 10.9. The molecule has 0 saturated heterocycles. The number of carboxylic acid groups (broad SMARTS) is 1. The van der Waals surface area contributed by atoms with Gasteiger partial charge in [0.25, 0.3) is 0 Å². The molecule has 0 bridgehead atoms. The number of aromatic carboxylic acids is 1. The van der Waals surface area contributed by atoms with E-state index in [1.54, 1.807) is 13.3 Å². The quantitative estimate of drug-likeness (QED) is 0.804. The average molecular weight is 302 g/mol. The van der Waals surface area contributed by atoms with Crippen molar-refractivity contribution < 1.29 is 14.6 Å². The van der Waals surface area contributed by atoms with Gasteiger partial charge in [-0.05, 0) is 24.6 Å². The number of fused-ring (bicyclic) bond motifs is 1. The summed E-state index contributed by atoms with van der Waals surface area (Å²) in [4.78, 5) is 16.9. The standard InChI is InChI=1S/C15H14N2O3S/c1-9-13(7-10-4-3-5-11(6-10)20-2)21-15-16-12(14(18)19)8-17(9)15/h3-6,8H,7H2,1-2H3,(H,18,19). The number of thiazole rings is 1. The van der Waals surface area contributed by atoms with Crippen LogP contribution in [0.3, 0.4) is 0 Å². The second kappa shape index (κ2) is 5.21. The molecule has 0 aliphatic carbocycles. The highest BCUT2D eigenvalue weighted by molar-refractivity contribution is 7.17. The Hall–Kier alpha value is -2.34. The van der Waals surface area contributed by atoms with Gasteiger partial charge in [-0.3, -0.25) is 4.40 Å². The van der Waals surface area contributed by atoms with Crippen molar-refractivity contribution in [3.8, 4) is 5.75 Å². The van der Waals surface area contributed by atoms with E-state index >= 15 is 0 Å². The van der Waals surface area contributed by atoms with Gasteiger partial charge in [0.05, 0.1) is 7.11 Å². The van der Waals surface area contributed by atoms with Gasteiger partial charge in [-0.2, -0.15) is 0 Å². The van der Waals surface area contributed by atoms with Crippen LogP contribution in [-0.2, 0) is 6.42 Å². The van der Waals surface area contributed by atoms with E-state index in [9.17, 15) is 4.79 Å². The van der Waals surface area contributed by atoms with E-state index in [1.807, 2.05) is 35.6 Å². The lowest BCUT2D eigenvalue weighted by Crippen LogP contribution is -1.96. The third-order valence-corrected chi connectivity index (χ3v) is 4.53. The molecule has 0 atom stereocenters. The van der Waals surface area contributed by atoms with Crippen molar-refractivity contribution in [1.82, 2.24) is 9.38 Å². The van der Waals surface area contributed by atoms with Crippen LogP contribution in [0.5, 0.6) is 5.75 Å². The Balaban J connectivity index is 1.95. The summed E-state index contributed by atoms with van der Waals surface area (Å²) in [5.41, 5.74) is 2.26. The van der Waals surface area contributed by atoms with Gasteiger partial charge >= 0.3 is 5.97 Å². The van der Waals surface area contributed by atoms with Crippen LogP contribution in [0.25, 0.3) is 4.96 Å². The number of rotatable bonds is 4. The van der Waals surface area contributed by atoms with Crippen LogP contribution in [0, 0.1) is 6.92 Å². The Morgan fingerprint density at radius 2 is 2.29 bits per heavy atom. The summed E-state index contributed by atoms with van der Waals surface area (Å²) in [7, 11) is 1.65. The predicted molar refractivity (Wildman–Crippen MR) is 80.6 cm³/mol. The van der Waals surface area contributed by atoms with Crippen molar-refractivity contribution in [2.24, 2.45) is 0 Å². The number of carbonyl (C=O) groups is 1. The molecular formula is C15H14N2O3S. The molecule has 0 aliphatic rings. The molecule has 5 nitrogen and oxygen atoms in total. The van der Waals surface area contributed by atoms with Gasteiger partial charge < -0.3 is 9.84 Å². The first-order chi connectivity index (χ1) is 10.1. The Morgan fingerprint density at radius 3 is 2.95 bits per heavy atom. The van der Waals surface area contributed by atoms with E-state index in [4.69, 9.17) is 9.84 Å². The normalized spacial score (nSPS) is 11.0. The number of hydrogen-bond donors (Lipinski definition) is 1. The number of benzene rings is 1. The molecule has 2 heterocycles. The van der Waals surface area contributed by atoms with Gasteiger partial charge in [0.1, 0.15) is 5.75 Å². The van der Waals surface area contributed by atoms with E-state index < -0.39 is 5.97 Å². The summed E-state index contributed by atoms with van der Waals surface area (Å²) < 4.78 is 7.07. The average Bonchev–Trinajstić information content (AvgIpc) is 3.00. The maximum absolute atomic E-state index is 10.9.